The van der Waals surface area contributed by atoms with Gasteiger partial charge < -0.3 is 5.32 Å². The highest BCUT2D eigenvalue weighted by atomic mass is 35.5. The Bertz CT molecular complexity index is 1140. The van der Waals surface area contributed by atoms with Gasteiger partial charge in [0.2, 0.25) is 0 Å². The molecule has 0 bridgehead atoms. The zero-order chi connectivity index (χ0) is 20.6. The van der Waals surface area contributed by atoms with E-state index >= 15 is 0 Å². The third-order valence-electron chi connectivity index (χ3n) is 4.17. The van der Waals surface area contributed by atoms with E-state index in [4.69, 9.17) is 35.4 Å². The highest BCUT2D eigenvalue weighted by Crippen LogP contribution is 2.36. The molecule has 1 amide bonds. The summed E-state index contributed by atoms with van der Waals surface area (Å²) in [5.74, 6) is -0.507. The maximum absolute atomic E-state index is 12.6. The van der Waals surface area contributed by atoms with Gasteiger partial charge in [-0.3, -0.25) is 20.2 Å². The van der Waals surface area contributed by atoms with Crippen molar-refractivity contribution in [1.82, 2.24) is 5.32 Å². The van der Waals surface area contributed by atoms with Crippen LogP contribution in [0.2, 0.25) is 10.0 Å². The number of aryl methyl sites for hydroxylation is 1. The Morgan fingerprint density at radius 2 is 1.93 bits per heavy atom. The van der Waals surface area contributed by atoms with E-state index in [9.17, 15) is 14.9 Å². The zero-order valence-electron chi connectivity index (χ0n) is 14.6. The maximum Gasteiger partial charge on any atom is 0.293 e. The number of nitrogens with one attached hydrogen (secondary N) is 2. The number of nitrogens with zero attached hydrogens (tertiary/aromatic N) is 1. The Hall–Kier alpha value is -2.26. The molecular formula is C18H13Cl2N3O3S2. The van der Waals surface area contributed by atoms with E-state index in [1.165, 1.54) is 17.4 Å². The number of fused-ring (bicyclic) bond motifs is 1. The molecule has 144 valence electrons. The van der Waals surface area contributed by atoms with Crippen molar-refractivity contribution in [1.29, 1.82) is 0 Å². The first-order chi connectivity index (χ1) is 13.2. The van der Waals surface area contributed by atoms with Gasteiger partial charge in [0.1, 0.15) is 10.6 Å². The maximum atomic E-state index is 12.6. The van der Waals surface area contributed by atoms with Gasteiger partial charge in [-0.25, -0.2) is 0 Å². The molecule has 0 aliphatic rings. The van der Waals surface area contributed by atoms with E-state index in [-0.39, 0.29) is 21.4 Å². The van der Waals surface area contributed by atoms with E-state index in [1.54, 1.807) is 31.2 Å². The summed E-state index contributed by atoms with van der Waals surface area (Å²) in [4.78, 5) is 23.7. The normalized spacial score (nSPS) is 10.7. The molecule has 0 aliphatic heterocycles. The second-order valence-electron chi connectivity index (χ2n) is 5.95. The summed E-state index contributed by atoms with van der Waals surface area (Å²) in [5, 5.41) is 18.1. The summed E-state index contributed by atoms with van der Waals surface area (Å²) >= 11 is 18.7. The lowest BCUT2D eigenvalue weighted by Crippen LogP contribution is -2.34. The lowest BCUT2D eigenvalue weighted by molar-refractivity contribution is -0.383. The van der Waals surface area contributed by atoms with Crippen molar-refractivity contribution in [2.75, 3.05) is 5.32 Å². The highest BCUT2D eigenvalue weighted by molar-refractivity contribution is 7.80. The van der Waals surface area contributed by atoms with E-state index in [1.807, 2.05) is 6.92 Å². The van der Waals surface area contributed by atoms with E-state index in [0.29, 0.717) is 21.0 Å². The molecule has 0 atom stereocenters. The summed E-state index contributed by atoms with van der Waals surface area (Å²) in [5.41, 5.74) is 1.63. The van der Waals surface area contributed by atoms with Crippen LogP contribution in [0.25, 0.3) is 10.1 Å². The number of nitro groups is 1. The molecule has 0 fully saturated rings. The van der Waals surface area contributed by atoms with E-state index < -0.39 is 10.8 Å². The topological polar surface area (TPSA) is 84.3 Å². The number of anilines is 1. The van der Waals surface area contributed by atoms with Gasteiger partial charge in [-0.1, -0.05) is 35.3 Å². The summed E-state index contributed by atoms with van der Waals surface area (Å²) < 4.78 is 0.770. The summed E-state index contributed by atoms with van der Waals surface area (Å²) in [6.07, 6.45) is 0. The van der Waals surface area contributed by atoms with Crippen molar-refractivity contribution in [3.63, 3.8) is 0 Å². The monoisotopic (exact) mass is 453 g/mol. The average Bonchev–Trinajstić information content (AvgIpc) is 2.94. The lowest BCUT2D eigenvalue weighted by atomic mass is 10.1. The number of halogens is 2. The van der Waals surface area contributed by atoms with Gasteiger partial charge in [-0.15, -0.1) is 11.3 Å². The van der Waals surface area contributed by atoms with Crippen LogP contribution in [0, 0.1) is 24.0 Å². The third kappa shape index (κ3) is 3.95. The number of amides is 1. The van der Waals surface area contributed by atoms with Crippen LogP contribution in [0.4, 0.5) is 11.4 Å². The number of hydrogen-bond donors (Lipinski definition) is 2. The number of carbonyl (C=O) groups excluding carboxylic acids is 1. The SMILES string of the molecule is Cc1ccc([N+](=O)[O-])c(NC(=S)NC(=O)c2sc3cc(Cl)ccc3c2Cl)c1C. The first-order valence-corrected chi connectivity index (χ1v) is 9.91. The molecular weight excluding hydrogens is 441 g/mol. The number of thiocarbonyl (C=S) groups is 1. The Morgan fingerprint density at radius 3 is 2.61 bits per heavy atom. The number of rotatable bonds is 3. The molecule has 1 aromatic heterocycles. The largest absolute Gasteiger partial charge is 0.327 e. The van der Waals surface area contributed by atoms with Crippen LogP contribution in [0.15, 0.2) is 30.3 Å². The minimum Gasteiger partial charge on any atom is -0.327 e. The van der Waals surface area contributed by atoms with Gasteiger partial charge in [0.05, 0.1) is 9.95 Å². The molecule has 0 aliphatic carbocycles. The van der Waals surface area contributed by atoms with Crippen molar-refractivity contribution in [2.45, 2.75) is 13.8 Å². The molecule has 3 aromatic rings. The third-order valence-corrected chi connectivity index (χ3v) is 6.27. The van der Waals surface area contributed by atoms with Gasteiger partial charge in [0.25, 0.3) is 11.6 Å². The van der Waals surface area contributed by atoms with Crippen LogP contribution in [-0.2, 0) is 0 Å². The predicted molar refractivity (Wildman–Crippen MR) is 118 cm³/mol. The fourth-order valence-corrected chi connectivity index (χ4v) is 4.48. The second kappa shape index (κ2) is 8.00. The smallest absolute Gasteiger partial charge is 0.293 e. The highest BCUT2D eigenvalue weighted by Gasteiger charge is 2.21. The Balaban J connectivity index is 1.85. The Labute approximate surface area is 179 Å². The van der Waals surface area contributed by atoms with Gasteiger partial charge in [0.15, 0.2) is 5.11 Å². The molecule has 28 heavy (non-hydrogen) atoms. The van der Waals surface area contributed by atoms with Crippen molar-refractivity contribution < 1.29 is 9.72 Å². The van der Waals surface area contributed by atoms with Gasteiger partial charge in [0, 0.05) is 21.2 Å². The number of hydrogen-bond acceptors (Lipinski definition) is 5. The van der Waals surface area contributed by atoms with Gasteiger partial charge in [-0.05, 0) is 49.3 Å². The molecule has 6 nitrogen and oxygen atoms in total. The molecule has 0 unspecified atom stereocenters. The number of benzene rings is 2. The fraction of sp³-hybridized carbons (Fsp3) is 0.111. The van der Waals surface area contributed by atoms with Crippen LogP contribution in [0.3, 0.4) is 0 Å². The average molecular weight is 454 g/mol. The Morgan fingerprint density at radius 1 is 1.21 bits per heavy atom. The predicted octanol–water partition coefficient (Wildman–Crippen LogP) is 5.86. The van der Waals surface area contributed by atoms with Crippen LogP contribution < -0.4 is 10.6 Å². The molecule has 0 radical (unpaired) electrons. The van der Waals surface area contributed by atoms with Crippen LogP contribution in [-0.4, -0.2) is 15.9 Å². The van der Waals surface area contributed by atoms with E-state index in [2.05, 4.69) is 10.6 Å². The zero-order valence-corrected chi connectivity index (χ0v) is 17.8. The van der Waals surface area contributed by atoms with Crippen LogP contribution >= 0.6 is 46.8 Å². The first kappa shape index (κ1) is 20.5. The molecule has 3 rings (SSSR count). The number of thiophene rings is 1. The first-order valence-electron chi connectivity index (χ1n) is 7.93. The minimum absolute atomic E-state index is 0.0617. The molecule has 0 saturated carbocycles. The number of carbonyl (C=O) groups is 1. The fourth-order valence-electron chi connectivity index (χ4n) is 2.60. The van der Waals surface area contributed by atoms with Crippen molar-refractivity contribution in [2.24, 2.45) is 0 Å². The Kier molecular flexibility index (Phi) is 5.85. The summed E-state index contributed by atoms with van der Waals surface area (Å²) in [7, 11) is 0. The van der Waals surface area contributed by atoms with Crippen molar-refractivity contribution in [3.8, 4) is 0 Å². The minimum atomic E-state index is -0.508. The van der Waals surface area contributed by atoms with Crippen LogP contribution in [0.5, 0.6) is 0 Å². The molecule has 0 spiro atoms. The van der Waals surface area contributed by atoms with E-state index in [0.717, 1.165) is 10.3 Å². The standard InChI is InChI=1S/C18H13Cl2N3O3S2/c1-8-3-6-12(23(25)26)15(9(8)2)21-18(27)22-17(24)16-14(20)11-5-4-10(19)7-13(11)28-16/h3-7H,1-2H3,(H2,21,22,24,27). The molecule has 0 saturated heterocycles. The molecule has 1 heterocycles. The summed E-state index contributed by atoms with van der Waals surface area (Å²) in [6, 6.07) is 8.20. The molecule has 10 heteroatoms. The van der Waals surface area contributed by atoms with Crippen molar-refractivity contribution in [3.05, 3.63) is 66.5 Å². The van der Waals surface area contributed by atoms with Gasteiger partial charge in [-0.2, -0.15) is 0 Å². The quantitative estimate of drug-likeness (QED) is 0.294. The molecule has 2 N–H and O–H groups in total. The van der Waals surface area contributed by atoms with Crippen LogP contribution in [0.1, 0.15) is 20.8 Å². The molecule has 2 aromatic carbocycles. The summed E-state index contributed by atoms with van der Waals surface area (Å²) in [6.45, 7) is 3.57. The van der Waals surface area contributed by atoms with Crippen molar-refractivity contribution >= 4 is 79.2 Å². The number of nitro benzene ring substituents is 1. The van der Waals surface area contributed by atoms with Gasteiger partial charge >= 0.3 is 0 Å². The lowest BCUT2D eigenvalue weighted by Gasteiger charge is -2.13. The second-order valence-corrected chi connectivity index (χ2v) is 8.23.